The fraction of sp³-hybridized carbons (Fsp3) is 0.667. The van der Waals surface area contributed by atoms with Crippen LogP contribution in [-0.2, 0) is 12.8 Å². The molecular weight excluding hydrogens is 248 g/mol. The van der Waals surface area contributed by atoms with Crippen LogP contribution < -0.4 is 4.74 Å². The van der Waals surface area contributed by atoms with E-state index in [1.165, 1.54) is 30.4 Å². The van der Waals surface area contributed by atoms with E-state index in [0.29, 0.717) is 11.8 Å². The van der Waals surface area contributed by atoms with E-state index in [1.807, 2.05) is 0 Å². The lowest BCUT2D eigenvalue weighted by Gasteiger charge is -2.35. The standard InChI is InChI=1S/C18H26O2/c1-12(2)14-7-9-17(19)18(11-14)20-16-8-6-13-4-3-5-15(13)10-16/h6,8,10,12,14,17-19H,3-5,7,9,11H2,1-2H3. The van der Waals surface area contributed by atoms with Crippen molar-refractivity contribution in [2.45, 2.75) is 64.6 Å². The van der Waals surface area contributed by atoms with Crippen molar-refractivity contribution in [3.8, 4) is 5.75 Å². The van der Waals surface area contributed by atoms with Crippen molar-refractivity contribution >= 4 is 0 Å². The van der Waals surface area contributed by atoms with Crippen molar-refractivity contribution < 1.29 is 9.84 Å². The molecule has 0 radical (unpaired) electrons. The smallest absolute Gasteiger partial charge is 0.125 e. The number of hydrogen-bond acceptors (Lipinski definition) is 2. The summed E-state index contributed by atoms with van der Waals surface area (Å²) in [5, 5.41) is 10.2. The Labute approximate surface area is 122 Å². The van der Waals surface area contributed by atoms with E-state index in [1.54, 1.807) is 0 Å². The van der Waals surface area contributed by atoms with Gasteiger partial charge in [-0.15, -0.1) is 0 Å². The fourth-order valence-corrected chi connectivity index (χ4v) is 3.67. The topological polar surface area (TPSA) is 29.5 Å². The summed E-state index contributed by atoms with van der Waals surface area (Å²) in [7, 11) is 0. The van der Waals surface area contributed by atoms with Gasteiger partial charge in [-0.1, -0.05) is 19.9 Å². The van der Waals surface area contributed by atoms with Crippen LogP contribution in [0.15, 0.2) is 18.2 Å². The van der Waals surface area contributed by atoms with Crippen LogP contribution in [0.25, 0.3) is 0 Å². The largest absolute Gasteiger partial charge is 0.488 e. The third kappa shape index (κ3) is 2.85. The van der Waals surface area contributed by atoms with Crippen LogP contribution in [0.5, 0.6) is 5.75 Å². The van der Waals surface area contributed by atoms with Crippen LogP contribution in [0.2, 0.25) is 0 Å². The highest BCUT2D eigenvalue weighted by Gasteiger charge is 2.32. The number of fused-ring (bicyclic) bond motifs is 1. The zero-order valence-corrected chi connectivity index (χ0v) is 12.6. The molecular formula is C18H26O2. The summed E-state index contributed by atoms with van der Waals surface area (Å²) < 4.78 is 6.12. The Kier molecular flexibility index (Phi) is 4.02. The molecule has 2 nitrogen and oxygen atoms in total. The third-order valence-corrected chi connectivity index (χ3v) is 5.10. The number of aliphatic hydroxyl groups excluding tert-OH is 1. The first-order chi connectivity index (χ1) is 9.63. The van der Waals surface area contributed by atoms with E-state index >= 15 is 0 Å². The van der Waals surface area contributed by atoms with Crippen LogP contribution in [0, 0.1) is 11.8 Å². The number of aliphatic hydroxyl groups is 1. The van der Waals surface area contributed by atoms with Gasteiger partial charge < -0.3 is 9.84 Å². The van der Waals surface area contributed by atoms with Gasteiger partial charge in [-0.3, -0.25) is 0 Å². The van der Waals surface area contributed by atoms with Crippen molar-refractivity contribution in [2.75, 3.05) is 0 Å². The van der Waals surface area contributed by atoms with Gasteiger partial charge in [-0.2, -0.15) is 0 Å². The lowest BCUT2D eigenvalue weighted by Crippen LogP contribution is -2.39. The van der Waals surface area contributed by atoms with E-state index in [-0.39, 0.29) is 12.2 Å². The molecule has 1 fully saturated rings. The minimum absolute atomic E-state index is 0.0318. The molecule has 1 aromatic rings. The summed E-state index contributed by atoms with van der Waals surface area (Å²) in [4.78, 5) is 0. The maximum atomic E-state index is 10.2. The average molecular weight is 274 g/mol. The van der Waals surface area contributed by atoms with Gasteiger partial charge in [0, 0.05) is 0 Å². The van der Waals surface area contributed by atoms with Gasteiger partial charge in [0.05, 0.1) is 6.10 Å². The molecule has 3 unspecified atom stereocenters. The minimum atomic E-state index is -0.307. The Morgan fingerprint density at radius 3 is 2.75 bits per heavy atom. The van der Waals surface area contributed by atoms with E-state index in [2.05, 4.69) is 32.0 Å². The molecule has 0 aliphatic heterocycles. The van der Waals surface area contributed by atoms with E-state index < -0.39 is 0 Å². The summed E-state index contributed by atoms with van der Waals surface area (Å²) in [6.45, 7) is 4.55. The summed E-state index contributed by atoms with van der Waals surface area (Å²) in [5.74, 6) is 2.30. The minimum Gasteiger partial charge on any atom is -0.488 e. The van der Waals surface area contributed by atoms with Gasteiger partial charge in [0.15, 0.2) is 0 Å². The molecule has 2 heteroatoms. The second kappa shape index (κ2) is 5.77. The molecule has 3 rings (SSSR count). The van der Waals surface area contributed by atoms with Crippen LogP contribution in [-0.4, -0.2) is 17.3 Å². The van der Waals surface area contributed by atoms with Gasteiger partial charge in [0.2, 0.25) is 0 Å². The first-order valence-electron chi connectivity index (χ1n) is 8.10. The Balaban J connectivity index is 1.69. The molecule has 2 aliphatic carbocycles. The van der Waals surface area contributed by atoms with Crippen molar-refractivity contribution in [1.29, 1.82) is 0 Å². The van der Waals surface area contributed by atoms with Gasteiger partial charge in [0.25, 0.3) is 0 Å². The van der Waals surface area contributed by atoms with Crippen molar-refractivity contribution in [1.82, 2.24) is 0 Å². The Morgan fingerprint density at radius 1 is 1.15 bits per heavy atom. The normalized spacial score (nSPS) is 29.5. The zero-order chi connectivity index (χ0) is 14.1. The predicted octanol–water partition coefficient (Wildman–Crippen LogP) is 3.74. The molecule has 20 heavy (non-hydrogen) atoms. The lowest BCUT2D eigenvalue weighted by molar-refractivity contribution is -0.0177. The van der Waals surface area contributed by atoms with Gasteiger partial charge in [0.1, 0.15) is 11.9 Å². The number of hydrogen-bond donors (Lipinski definition) is 1. The molecule has 0 spiro atoms. The number of ether oxygens (including phenoxy) is 1. The molecule has 0 amide bonds. The SMILES string of the molecule is CC(C)C1CCC(O)C(Oc2ccc3c(c2)CCC3)C1. The van der Waals surface area contributed by atoms with Gasteiger partial charge in [-0.25, -0.2) is 0 Å². The summed E-state index contributed by atoms with van der Waals surface area (Å²) in [6.07, 6.45) is 6.29. The van der Waals surface area contributed by atoms with Crippen molar-refractivity contribution in [2.24, 2.45) is 11.8 Å². The maximum Gasteiger partial charge on any atom is 0.125 e. The first-order valence-corrected chi connectivity index (χ1v) is 8.10. The molecule has 2 aliphatic rings. The summed E-state index contributed by atoms with van der Waals surface area (Å²) in [5.41, 5.74) is 2.91. The van der Waals surface area contributed by atoms with E-state index in [0.717, 1.165) is 25.0 Å². The highest BCUT2D eigenvalue weighted by atomic mass is 16.5. The van der Waals surface area contributed by atoms with Gasteiger partial charge in [-0.05, 0) is 73.6 Å². The maximum absolute atomic E-state index is 10.2. The third-order valence-electron chi connectivity index (χ3n) is 5.10. The lowest BCUT2D eigenvalue weighted by atomic mass is 9.79. The fourth-order valence-electron chi connectivity index (χ4n) is 3.67. The molecule has 1 aromatic carbocycles. The molecule has 0 heterocycles. The molecule has 110 valence electrons. The van der Waals surface area contributed by atoms with Crippen LogP contribution in [0.3, 0.4) is 0 Å². The number of benzene rings is 1. The Hall–Kier alpha value is -1.02. The summed E-state index contributed by atoms with van der Waals surface area (Å²) >= 11 is 0. The van der Waals surface area contributed by atoms with E-state index in [9.17, 15) is 5.11 Å². The van der Waals surface area contributed by atoms with Gasteiger partial charge >= 0.3 is 0 Å². The van der Waals surface area contributed by atoms with Crippen LogP contribution >= 0.6 is 0 Å². The molecule has 3 atom stereocenters. The molecule has 0 aromatic heterocycles. The van der Waals surface area contributed by atoms with Crippen LogP contribution in [0.1, 0.15) is 50.7 Å². The average Bonchev–Trinajstić information content (AvgIpc) is 2.88. The second-order valence-corrected chi connectivity index (χ2v) is 6.82. The molecule has 0 bridgehead atoms. The van der Waals surface area contributed by atoms with Crippen LogP contribution in [0.4, 0.5) is 0 Å². The Morgan fingerprint density at radius 2 is 1.95 bits per heavy atom. The number of aryl methyl sites for hydroxylation is 2. The first kappa shape index (κ1) is 13.9. The number of rotatable bonds is 3. The Bertz CT molecular complexity index is 466. The summed E-state index contributed by atoms with van der Waals surface area (Å²) in [6, 6.07) is 6.47. The second-order valence-electron chi connectivity index (χ2n) is 6.82. The van der Waals surface area contributed by atoms with E-state index in [4.69, 9.17) is 4.74 Å². The molecule has 1 saturated carbocycles. The van der Waals surface area contributed by atoms with Crippen molar-refractivity contribution in [3.63, 3.8) is 0 Å². The monoisotopic (exact) mass is 274 g/mol. The zero-order valence-electron chi connectivity index (χ0n) is 12.6. The molecule has 0 saturated heterocycles. The molecule has 1 N–H and O–H groups in total. The highest BCUT2D eigenvalue weighted by Crippen LogP contribution is 2.33. The quantitative estimate of drug-likeness (QED) is 0.910. The highest BCUT2D eigenvalue weighted by molar-refractivity contribution is 5.38. The predicted molar refractivity (Wildman–Crippen MR) is 81.1 cm³/mol. The van der Waals surface area contributed by atoms with Crippen molar-refractivity contribution in [3.05, 3.63) is 29.3 Å².